The van der Waals surface area contributed by atoms with Crippen molar-refractivity contribution in [2.45, 2.75) is 31.7 Å². The van der Waals surface area contributed by atoms with Crippen LogP contribution in [0.1, 0.15) is 25.7 Å². The number of anilines is 2. The number of benzene rings is 1. The summed E-state index contributed by atoms with van der Waals surface area (Å²) in [5, 5.41) is 0.0934. The molecule has 3 nitrogen and oxygen atoms in total. The van der Waals surface area contributed by atoms with Crippen LogP contribution < -0.4 is 10.6 Å². The van der Waals surface area contributed by atoms with Gasteiger partial charge < -0.3 is 10.6 Å². The number of rotatable bonds is 2. The van der Waals surface area contributed by atoms with Gasteiger partial charge in [-0.3, -0.25) is 4.90 Å². The Morgan fingerprint density at radius 3 is 2.40 bits per heavy atom. The van der Waals surface area contributed by atoms with Gasteiger partial charge >= 0.3 is 0 Å². The van der Waals surface area contributed by atoms with Crippen molar-refractivity contribution in [2.75, 3.05) is 36.8 Å². The zero-order valence-electron chi connectivity index (χ0n) is 11.6. The van der Waals surface area contributed by atoms with Crippen molar-refractivity contribution in [3.8, 4) is 0 Å². The molecule has 1 aromatic rings. The third-order valence-electron chi connectivity index (χ3n) is 4.57. The molecule has 0 amide bonds. The lowest BCUT2D eigenvalue weighted by Gasteiger charge is -2.39. The third-order valence-corrected chi connectivity index (χ3v) is 4.86. The highest BCUT2D eigenvalue weighted by atomic mass is 35.5. The van der Waals surface area contributed by atoms with Crippen LogP contribution in [0.2, 0.25) is 5.02 Å². The molecule has 2 fully saturated rings. The second-order valence-corrected chi connectivity index (χ2v) is 6.19. The van der Waals surface area contributed by atoms with E-state index in [1.165, 1.54) is 37.8 Å². The molecule has 1 aliphatic carbocycles. The molecule has 2 aliphatic rings. The zero-order valence-corrected chi connectivity index (χ0v) is 12.4. The Kier molecular flexibility index (Phi) is 4.03. The van der Waals surface area contributed by atoms with Crippen LogP contribution >= 0.6 is 11.6 Å². The van der Waals surface area contributed by atoms with Gasteiger partial charge in [0.15, 0.2) is 0 Å². The third kappa shape index (κ3) is 2.72. The van der Waals surface area contributed by atoms with Gasteiger partial charge in [-0.1, -0.05) is 24.4 Å². The molecule has 1 aliphatic heterocycles. The summed E-state index contributed by atoms with van der Waals surface area (Å²) >= 11 is 5.75. The van der Waals surface area contributed by atoms with E-state index in [9.17, 15) is 4.39 Å². The fourth-order valence-electron chi connectivity index (χ4n) is 3.42. The van der Waals surface area contributed by atoms with Crippen LogP contribution in [-0.4, -0.2) is 37.1 Å². The summed E-state index contributed by atoms with van der Waals surface area (Å²) in [4.78, 5) is 4.74. The lowest BCUT2D eigenvalue weighted by atomic mass is 10.1. The SMILES string of the molecule is Nc1cc(Cl)c(F)cc1N1CCN(C2CCCC2)CC1. The van der Waals surface area contributed by atoms with E-state index in [0.29, 0.717) is 5.69 Å². The van der Waals surface area contributed by atoms with Crippen molar-refractivity contribution < 1.29 is 4.39 Å². The molecule has 0 atom stereocenters. The minimum atomic E-state index is -0.394. The highest BCUT2D eigenvalue weighted by molar-refractivity contribution is 6.31. The second kappa shape index (κ2) is 5.78. The molecular formula is C15H21ClFN3. The number of hydrogen-bond acceptors (Lipinski definition) is 3. The minimum Gasteiger partial charge on any atom is -0.397 e. The van der Waals surface area contributed by atoms with E-state index in [-0.39, 0.29) is 5.02 Å². The van der Waals surface area contributed by atoms with Crippen molar-refractivity contribution in [1.29, 1.82) is 0 Å². The van der Waals surface area contributed by atoms with E-state index < -0.39 is 5.82 Å². The van der Waals surface area contributed by atoms with E-state index in [1.54, 1.807) is 0 Å². The summed E-state index contributed by atoms with van der Waals surface area (Å²) in [6.07, 6.45) is 5.38. The molecule has 1 heterocycles. The molecule has 0 aromatic heterocycles. The molecular weight excluding hydrogens is 277 g/mol. The van der Waals surface area contributed by atoms with Crippen LogP contribution in [0.15, 0.2) is 12.1 Å². The summed E-state index contributed by atoms with van der Waals surface area (Å²) < 4.78 is 13.6. The van der Waals surface area contributed by atoms with Crippen molar-refractivity contribution in [1.82, 2.24) is 4.90 Å². The monoisotopic (exact) mass is 297 g/mol. The maximum atomic E-state index is 13.6. The Labute approximate surface area is 124 Å². The van der Waals surface area contributed by atoms with Gasteiger partial charge in [0.1, 0.15) is 5.82 Å². The molecule has 0 spiro atoms. The lowest BCUT2D eigenvalue weighted by molar-refractivity contribution is 0.187. The molecule has 0 unspecified atom stereocenters. The summed E-state index contributed by atoms with van der Waals surface area (Å²) in [5.74, 6) is -0.394. The van der Waals surface area contributed by atoms with Crippen LogP contribution in [0.25, 0.3) is 0 Å². The van der Waals surface area contributed by atoms with Crippen molar-refractivity contribution in [3.05, 3.63) is 23.0 Å². The number of nitrogens with zero attached hydrogens (tertiary/aromatic N) is 2. The molecule has 1 saturated heterocycles. The fourth-order valence-corrected chi connectivity index (χ4v) is 3.60. The van der Waals surface area contributed by atoms with Gasteiger partial charge in [-0.15, -0.1) is 0 Å². The van der Waals surface area contributed by atoms with E-state index in [4.69, 9.17) is 17.3 Å². The largest absolute Gasteiger partial charge is 0.397 e. The topological polar surface area (TPSA) is 32.5 Å². The Morgan fingerprint density at radius 2 is 1.75 bits per heavy atom. The molecule has 3 rings (SSSR count). The van der Waals surface area contributed by atoms with Gasteiger partial charge in [0.05, 0.1) is 16.4 Å². The van der Waals surface area contributed by atoms with Gasteiger partial charge in [-0.2, -0.15) is 0 Å². The lowest BCUT2D eigenvalue weighted by Crippen LogP contribution is -2.49. The van der Waals surface area contributed by atoms with Gasteiger partial charge in [-0.25, -0.2) is 4.39 Å². The molecule has 110 valence electrons. The van der Waals surface area contributed by atoms with E-state index >= 15 is 0 Å². The maximum absolute atomic E-state index is 13.6. The number of hydrogen-bond donors (Lipinski definition) is 1. The van der Waals surface area contributed by atoms with Crippen molar-refractivity contribution >= 4 is 23.0 Å². The first-order valence-electron chi connectivity index (χ1n) is 7.38. The molecule has 1 aromatic carbocycles. The van der Waals surface area contributed by atoms with E-state index in [1.807, 2.05) is 0 Å². The number of halogens is 2. The highest BCUT2D eigenvalue weighted by Crippen LogP contribution is 2.31. The normalized spacial score (nSPS) is 21.6. The Bertz CT molecular complexity index is 480. The average Bonchev–Trinajstić information content (AvgIpc) is 2.97. The number of nitrogens with two attached hydrogens (primary N) is 1. The first-order chi connectivity index (χ1) is 9.65. The maximum Gasteiger partial charge on any atom is 0.144 e. The molecule has 1 saturated carbocycles. The van der Waals surface area contributed by atoms with Gasteiger partial charge in [0.25, 0.3) is 0 Å². The average molecular weight is 298 g/mol. The molecule has 0 bridgehead atoms. The predicted octanol–water partition coefficient (Wildman–Crippen LogP) is 3.13. The van der Waals surface area contributed by atoms with Crippen LogP contribution in [0.4, 0.5) is 15.8 Å². The summed E-state index contributed by atoms with van der Waals surface area (Å²) in [5.41, 5.74) is 7.31. The van der Waals surface area contributed by atoms with Crippen LogP contribution in [-0.2, 0) is 0 Å². The molecule has 2 N–H and O–H groups in total. The predicted molar refractivity (Wildman–Crippen MR) is 81.9 cm³/mol. The first-order valence-corrected chi connectivity index (χ1v) is 7.76. The summed E-state index contributed by atoms with van der Waals surface area (Å²) in [7, 11) is 0. The second-order valence-electron chi connectivity index (χ2n) is 5.79. The van der Waals surface area contributed by atoms with Crippen LogP contribution in [0, 0.1) is 5.82 Å². The van der Waals surface area contributed by atoms with Gasteiger partial charge in [-0.05, 0) is 18.9 Å². The Balaban J connectivity index is 1.67. The van der Waals surface area contributed by atoms with E-state index in [2.05, 4.69) is 9.80 Å². The smallest absolute Gasteiger partial charge is 0.144 e. The Hall–Kier alpha value is -1.00. The quantitative estimate of drug-likeness (QED) is 0.851. The number of piperazine rings is 1. The molecule has 0 radical (unpaired) electrons. The van der Waals surface area contributed by atoms with E-state index in [0.717, 1.165) is 37.9 Å². The van der Waals surface area contributed by atoms with Gasteiger partial charge in [0.2, 0.25) is 0 Å². The number of nitrogen functional groups attached to an aromatic ring is 1. The zero-order chi connectivity index (χ0) is 14.1. The van der Waals surface area contributed by atoms with Crippen molar-refractivity contribution in [3.63, 3.8) is 0 Å². The molecule has 20 heavy (non-hydrogen) atoms. The highest BCUT2D eigenvalue weighted by Gasteiger charge is 2.27. The fraction of sp³-hybridized carbons (Fsp3) is 0.600. The van der Waals surface area contributed by atoms with Crippen LogP contribution in [0.3, 0.4) is 0 Å². The van der Waals surface area contributed by atoms with Gasteiger partial charge in [0, 0.05) is 38.3 Å². The standard InChI is InChI=1S/C15H21ClFN3/c16-12-9-14(18)15(10-13(12)17)20-7-5-19(6-8-20)11-3-1-2-4-11/h9-11H,1-8,18H2. The first kappa shape index (κ1) is 14.0. The summed E-state index contributed by atoms with van der Waals surface area (Å²) in [6, 6.07) is 3.73. The Morgan fingerprint density at radius 1 is 1.10 bits per heavy atom. The van der Waals surface area contributed by atoms with Crippen LogP contribution in [0.5, 0.6) is 0 Å². The van der Waals surface area contributed by atoms with Crippen molar-refractivity contribution in [2.24, 2.45) is 0 Å². The minimum absolute atomic E-state index is 0.0934. The summed E-state index contributed by atoms with van der Waals surface area (Å²) in [6.45, 7) is 3.88. The molecule has 5 heteroatoms.